The fourth-order valence-electron chi connectivity index (χ4n) is 2.20. The molecule has 1 heterocycles. The van der Waals surface area contributed by atoms with E-state index in [-0.39, 0.29) is 0 Å². The van der Waals surface area contributed by atoms with Crippen LogP contribution in [0.1, 0.15) is 18.4 Å². The fraction of sp³-hybridized carbons (Fsp3) is 0.462. The summed E-state index contributed by atoms with van der Waals surface area (Å²) in [6.45, 7) is 1.69. The molecule has 0 bridgehead atoms. The number of Topliss-reactive ketones (excluding diaryl/α,β-unsaturated/α-hetero) is 1. The van der Waals surface area contributed by atoms with Crippen molar-refractivity contribution in [3.8, 4) is 0 Å². The third-order valence-electron chi connectivity index (χ3n) is 3.11. The highest BCUT2D eigenvalue weighted by Gasteiger charge is 2.38. The van der Waals surface area contributed by atoms with Gasteiger partial charge in [0.25, 0.3) is 0 Å². The Morgan fingerprint density at radius 2 is 1.78 bits per heavy atom. The van der Waals surface area contributed by atoms with Gasteiger partial charge in [-0.3, -0.25) is 4.79 Å². The van der Waals surface area contributed by atoms with Crippen LogP contribution in [0.5, 0.6) is 0 Å². The molecule has 0 atom stereocenters. The van der Waals surface area contributed by atoms with Crippen molar-refractivity contribution in [2.45, 2.75) is 25.4 Å². The molecule has 1 aromatic rings. The molecule has 0 amide bonds. The van der Waals surface area contributed by atoms with Gasteiger partial charge in [-0.15, -0.1) is 0 Å². The second-order valence-corrected chi connectivity index (χ2v) is 4.42. The topological polar surface area (TPSA) is 20.3 Å². The lowest BCUT2D eigenvalue weighted by atomic mass is 10.1. The van der Waals surface area contributed by atoms with E-state index in [0.29, 0.717) is 5.56 Å². The van der Waals surface area contributed by atoms with E-state index < -0.39 is 18.4 Å². The van der Waals surface area contributed by atoms with Crippen LogP contribution in [0.3, 0.4) is 0 Å². The first-order valence-electron chi connectivity index (χ1n) is 5.91. The SMILES string of the molecule is O=C(Cc1ccccc1N1CCCC1)C(F)(F)F. The Kier molecular flexibility index (Phi) is 3.59. The maximum Gasteiger partial charge on any atom is 0.450 e. The van der Waals surface area contributed by atoms with Gasteiger partial charge in [0, 0.05) is 25.2 Å². The number of carbonyl (C=O) groups excluding carboxylic acids is 1. The van der Waals surface area contributed by atoms with Crippen molar-refractivity contribution in [1.29, 1.82) is 0 Å². The van der Waals surface area contributed by atoms with Gasteiger partial charge in [0.15, 0.2) is 0 Å². The molecule has 0 spiro atoms. The Morgan fingerprint density at radius 3 is 2.39 bits per heavy atom. The minimum Gasteiger partial charge on any atom is -0.371 e. The summed E-state index contributed by atoms with van der Waals surface area (Å²) >= 11 is 0. The molecule has 2 nitrogen and oxygen atoms in total. The van der Waals surface area contributed by atoms with Gasteiger partial charge in [-0.05, 0) is 24.5 Å². The van der Waals surface area contributed by atoms with Crippen molar-refractivity contribution in [1.82, 2.24) is 0 Å². The molecule has 98 valence electrons. The molecule has 0 unspecified atom stereocenters. The Morgan fingerprint density at radius 1 is 1.17 bits per heavy atom. The second kappa shape index (κ2) is 5.00. The molecule has 18 heavy (non-hydrogen) atoms. The Balaban J connectivity index is 2.20. The first-order chi connectivity index (χ1) is 8.48. The van der Waals surface area contributed by atoms with Crippen LogP contribution in [0, 0.1) is 0 Å². The third-order valence-corrected chi connectivity index (χ3v) is 3.11. The van der Waals surface area contributed by atoms with Gasteiger partial charge in [0.2, 0.25) is 5.78 Å². The number of carbonyl (C=O) groups is 1. The van der Waals surface area contributed by atoms with Crippen molar-refractivity contribution < 1.29 is 18.0 Å². The predicted molar refractivity (Wildman–Crippen MR) is 62.7 cm³/mol. The van der Waals surface area contributed by atoms with Crippen LogP contribution in [0.2, 0.25) is 0 Å². The number of para-hydroxylation sites is 1. The summed E-state index contributed by atoms with van der Waals surface area (Å²) in [5, 5.41) is 0. The number of nitrogens with zero attached hydrogens (tertiary/aromatic N) is 1. The summed E-state index contributed by atoms with van der Waals surface area (Å²) in [7, 11) is 0. The maximum absolute atomic E-state index is 12.3. The Labute approximate surface area is 103 Å². The van der Waals surface area contributed by atoms with Crippen LogP contribution < -0.4 is 4.90 Å². The van der Waals surface area contributed by atoms with Crippen molar-refractivity contribution >= 4 is 11.5 Å². The third kappa shape index (κ3) is 2.83. The van der Waals surface area contributed by atoms with Gasteiger partial charge in [-0.2, -0.15) is 13.2 Å². The number of rotatable bonds is 3. The van der Waals surface area contributed by atoms with Gasteiger partial charge < -0.3 is 4.90 Å². The van der Waals surface area contributed by atoms with Crippen LogP contribution in [0.25, 0.3) is 0 Å². The quantitative estimate of drug-likeness (QED) is 0.829. The lowest BCUT2D eigenvalue weighted by molar-refractivity contribution is -0.170. The van der Waals surface area contributed by atoms with Gasteiger partial charge in [-0.25, -0.2) is 0 Å². The molecule has 1 aliphatic heterocycles. The van der Waals surface area contributed by atoms with E-state index in [4.69, 9.17) is 0 Å². The smallest absolute Gasteiger partial charge is 0.371 e. The highest BCUT2D eigenvalue weighted by atomic mass is 19.4. The zero-order chi connectivity index (χ0) is 13.2. The number of hydrogen-bond acceptors (Lipinski definition) is 2. The van der Waals surface area contributed by atoms with Crippen LogP contribution in [-0.2, 0) is 11.2 Å². The van der Waals surface area contributed by atoms with Gasteiger partial charge >= 0.3 is 6.18 Å². The number of alkyl halides is 3. The van der Waals surface area contributed by atoms with Crippen LogP contribution in [-0.4, -0.2) is 25.0 Å². The van der Waals surface area contributed by atoms with E-state index in [1.165, 1.54) is 0 Å². The average Bonchev–Trinajstić information content (AvgIpc) is 2.82. The molecular formula is C13H14F3NO. The standard InChI is InChI=1S/C13H14F3NO/c14-13(15,16)12(18)9-10-5-1-2-6-11(10)17-7-3-4-8-17/h1-2,5-6H,3-4,7-9H2. The number of hydrogen-bond donors (Lipinski definition) is 0. The molecule has 0 radical (unpaired) electrons. The highest BCUT2D eigenvalue weighted by molar-refractivity contribution is 5.87. The zero-order valence-corrected chi connectivity index (χ0v) is 9.83. The van der Waals surface area contributed by atoms with Crippen molar-refractivity contribution in [2.75, 3.05) is 18.0 Å². The van der Waals surface area contributed by atoms with E-state index >= 15 is 0 Å². The Hall–Kier alpha value is -1.52. The summed E-state index contributed by atoms with van der Waals surface area (Å²) in [5.41, 5.74) is 1.22. The van der Waals surface area contributed by atoms with E-state index in [9.17, 15) is 18.0 Å². The molecule has 5 heteroatoms. The Bertz CT molecular complexity index is 436. The fourth-order valence-corrected chi connectivity index (χ4v) is 2.20. The van der Waals surface area contributed by atoms with Crippen molar-refractivity contribution in [3.63, 3.8) is 0 Å². The molecule has 1 saturated heterocycles. The molecule has 0 aromatic heterocycles. The normalized spacial score (nSPS) is 16.1. The summed E-state index contributed by atoms with van der Waals surface area (Å²) < 4.78 is 36.8. The lowest BCUT2D eigenvalue weighted by Crippen LogP contribution is -2.26. The summed E-state index contributed by atoms with van der Waals surface area (Å²) in [5.74, 6) is -1.69. The number of benzene rings is 1. The molecule has 0 saturated carbocycles. The highest BCUT2D eigenvalue weighted by Crippen LogP contribution is 2.27. The van der Waals surface area contributed by atoms with Crippen LogP contribution >= 0.6 is 0 Å². The van der Waals surface area contributed by atoms with Crippen LogP contribution in [0.15, 0.2) is 24.3 Å². The molecular weight excluding hydrogens is 243 g/mol. The minimum atomic E-state index is -4.75. The van der Waals surface area contributed by atoms with E-state index in [1.54, 1.807) is 24.3 Å². The summed E-state index contributed by atoms with van der Waals surface area (Å²) in [6, 6.07) is 6.83. The zero-order valence-electron chi connectivity index (χ0n) is 9.83. The lowest BCUT2D eigenvalue weighted by Gasteiger charge is -2.21. The van der Waals surface area contributed by atoms with Crippen molar-refractivity contribution in [3.05, 3.63) is 29.8 Å². The largest absolute Gasteiger partial charge is 0.450 e. The first-order valence-corrected chi connectivity index (χ1v) is 5.91. The molecule has 1 fully saturated rings. The number of anilines is 1. The summed E-state index contributed by atoms with van der Waals surface area (Å²) in [6.07, 6.45) is -3.24. The van der Waals surface area contributed by atoms with Crippen molar-refractivity contribution in [2.24, 2.45) is 0 Å². The average molecular weight is 257 g/mol. The van der Waals surface area contributed by atoms with Gasteiger partial charge in [0.1, 0.15) is 0 Å². The van der Waals surface area contributed by atoms with Gasteiger partial charge in [-0.1, -0.05) is 18.2 Å². The van der Waals surface area contributed by atoms with E-state index in [2.05, 4.69) is 0 Å². The molecule has 1 aliphatic rings. The monoisotopic (exact) mass is 257 g/mol. The predicted octanol–water partition coefficient (Wildman–Crippen LogP) is 2.96. The molecule has 0 N–H and O–H groups in total. The number of halogens is 3. The molecule has 2 rings (SSSR count). The van der Waals surface area contributed by atoms with E-state index in [1.807, 2.05) is 4.90 Å². The molecule has 0 aliphatic carbocycles. The maximum atomic E-state index is 12.3. The van der Waals surface area contributed by atoms with E-state index in [0.717, 1.165) is 31.6 Å². The summed E-state index contributed by atoms with van der Waals surface area (Å²) in [4.78, 5) is 13.1. The first kappa shape index (κ1) is 12.9. The van der Waals surface area contributed by atoms with Gasteiger partial charge in [0.05, 0.1) is 0 Å². The minimum absolute atomic E-state index is 0.460. The second-order valence-electron chi connectivity index (χ2n) is 4.42. The van der Waals surface area contributed by atoms with Crippen LogP contribution in [0.4, 0.5) is 18.9 Å². The molecule has 1 aromatic carbocycles. The number of ketones is 1.